The Bertz CT molecular complexity index is 4110. The van der Waals surface area contributed by atoms with E-state index in [4.69, 9.17) is 42.0 Å². The molecule has 0 saturated carbocycles. The first-order chi connectivity index (χ1) is 42.6. The molecule has 6 aromatic carbocycles. The van der Waals surface area contributed by atoms with Crippen molar-refractivity contribution in [3.05, 3.63) is 268 Å². The standard InChI is InChI=1S/C65H60N5O17P/c1-42-38-67(63(76)69(58(42)71)60(73)44-18-9-5-10-19-44)56-36-52(86-62(75)46-22-13-7-14-23-46)55(85-56)41-83-88(78,82-35-17-34-66)87-53-37-57(68-39-43(2)59(72)70(64(68)77)61(74)45-20-11-6-12-21-45)84-54(53)40-81-65(47-24-15-8-16-25-47,48-26-30-50(79-3)31-27-48)49-28-32-51(80-4)33-29-49/h5-16,18-33,38-39,52-57H,17,35-37,40-41H2,1-4H3/t52-,53-,54+,55+,56+,57+,88?/m0/s1. The van der Waals surface area contributed by atoms with E-state index in [9.17, 15) is 38.8 Å². The fourth-order valence-corrected chi connectivity index (χ4v) is 12.0. The van der Waals surface area contributed by atoms with Crippen molar-refractivity contribution in [2.45, 2.75) is 75.6 Å². The van der Waals surface area contributed by atoms with Crippen molar-refractivity contribution in [2.24, 2.45) is 0 Å². The summed E-state index contributed by atoms with van der Waals surface area (Å²) < 4.78 is 74.8. The summed E-state index contributed by atoms with van der Waals surface area (Å²) in [4.78, 5) is 97.7. The number of phosphoric acid groups is 1. The normalized spacial score (nSPS) is 18.9. The van der Waals surface area contributed by atoms with Gasteiger partial charge in [-0.2, -0.15) is 14.4 Å². The molecular weight excluding hydrogens is 1150 g/mol. The molecule has 0 N–H and O–H groups in total. The number of hydrogen-bond donors (Lipinski definition) is 0. The maximum atomic E-state index is 15.6. The molecule has 2 aliphatic rings. The molecule has 2 aliphatic heterocycles. The molecule has 0 spiro atoms. The highest BCUT2D eigenvalue weighted by atomic mass is 31.2. The molecule has 8 aromatic rings. The maximum Gasteiger partial charge on any atom is 0.475 e. The van der Waals surface area contributed by atoms with Crippen LogP contribution in [0.2, 0.25) is 0 Å². The second kappa shape index (κ2) is 27.1. The SMILES string of the molecule is COc1ccc(C(OC[C@H]2O[C@@H](n3cc(C)c(=O)n(C(=O)c4ccccc4)c3=O)C[C@@H]2OP(=O)(OCCC#N)OC[C@H]2O[C@@H](n3cc(C)c(=O)n(C(=O)c4ccccc4)c3=O)C[C@@H]2OC(=O)c2ccccc2)(c2ccccc2)c2ccc(OC)cc2)cc1. The van der Waals surface area contributed by atoms with Gasteiger partial charge in [0.05, 0.1) is 52.1 Å². The molecule has 88 heavy (non-hydrogen) atoms. The van der Waals surface area contributed by atoms with Crippen molar-refractivity contribution >= 4 is 25.6 Å². The van der Waals surface area contributed by atoms with Gasteiger partial charge in [-0.25, -0.2) is 18.9 Å². The van der Waals surface area contributed by atoms with Gasteiger partial charge in [0, 0.05) is 47.5 Å². The van der Waals surface area contributed by atoms with Gasteiger partial charge in [0.25, 0.3) is 22.9 Å². The minimum Gasteiger partial charge on any atom is -0.497 e. The Kier molecular flexibility index (Phi) is 19.0. The Morgan fingerprint density at radius 2 is 0.989 bits per heavy atom. The lowest BCUT2D eigenvalue weighted by molar-refractivity contribution is -0.0963. The summed E-state index contributed by atoms with van der Waals surface area (Å²) in [6.45, 7) is 1.19. The number of aryl methyl sites for hydroxylation is 2. The van der Waals surface area contributed by atoms with Crippen molar-refractivity contribution in [2.75, 3.05) is 34.0 Å². The molecular formula is C65H60N5O17P. The Balaban J connectivity index is 1.03. The second-order valence-electron chi connectivity index (χ2n) is 20.6. The molecule has 0 amide bonds. The van der Waals surface area contributed by atoms with E-state index in [1.165, 1.54) is 76.9 Å². The van der Waals surface area contributed by atoms with Crippen molar-refractivity contribution < 1.29 is 60.9 Å². The van der Waals surface area contributed by atoms with Gasteiger partial charge >= 0.3 is 25.2 Å². The minimum absolute atomic E-state index is 0.00237. The van der Waals surface area contributed by atoms with Crippen LogP contribution in [0.5, 0.6) is 11.5 Å². The molecule has 0 radical (unpaired) electrons. The molecule has 2 saturated heterocycles. The molecule has 0 aliphatic carbocycles. The van der Waals surface area contributed by atoms with E-state index in [1.54, 1.807) is 78.9 Å². The molecule has 2 aromatic heterocycles. The number of methoxy groups -OCH3 is 2. The third-order valence-electron chi connectivity index (χ3n) is 15.0. The van der Waals surface area contributed by atoms with Crippen molar-refractivity contribution in [3.8, 4) is 17.6 Å². The number of nitrogens with zero attached hydrogens (tertiary/aromatic N) is 5. The molecule has 0 bridgehead atoms. The summed E-state index contributed by atoms with van der Waals surface area (Å²) in [5, 5.41) is 9.70. The smallest absolute Gasteiger partial charge is 0.475 e. The summed E-state index contributed by atoms with van der Waals surface area (Å²) in [7, 11) is -1.96. The first kappa shape index (κ1) is 61.7. The van der Waals surface area contributed by atoms with Gasteiger partial charge in [0.15, 0.2) is 0 Å². The van der Waals surface area contributed by atoms with Gasteiger partial charge in [-0.3, -0.25) is 41.9 Å². The van der Waals surface area contributed by atoms with E-state index >= 15 is 4.57 Å². The van der Waals surface area contributed by atoms with Gasteiger partial charge in [0.2, 0.25) is 0 Å². The van der Waals surface area contributed by atoms with E-state index in [0.717, 1.165) is 9.13 Å². The lowest BCUT2D eigenvalue weighted by atomic mass is 9.80. The Labute approximate surface area is 503 Å². The van der Waals surface area contributed by atoms with E-state index < -0.39 is 110 Å². The second-order valence-corrected chi connectivity index (χ2v) is 22.2. The number of carbonyl (C=O) groups is 3. The number of ether oxygens (including phenoxy) is 6. The van der Waals surface area contributed by atoms with Gasteiger partial charge in [-0.05, 0) is 91.2 Å². The third-order valence-corrected chi connectivity index (χ3v) is 16.5. The van der Waals surface area contributed by atoms with E-state index in [1.807, 2.05) is 60.7 Å². The molecule has 23 heteroatoms. The largest absolute Gasteiger partial charge is 0.497 e. The Hall–Kier alpha value is -9.43. The van der Waals surface area contributed by atoms with Crippen LogP contribution >= 0.6 is 7.82 Å². The lowest BCUT2D eigenvalue weighted by Crippen LogP contribution is -2.45. The predicted octanol–water partition coefficient (Wildman–Crippen LogP) is 8.29. The molecule has 2 fully saturated rings. The van der Waals surface area contributed by atoms with Crippen molar-refractivity contribution in [1.29, 1.82) is 5.26 Å². The van der Waals surface area contributed by atoms with Gasteiger partial charge in [-0.15, -0.1) is 0 Å². The number of carbonyl (C=O) groups excluding carboxylic acids is 3. The van der Waals surface area contributed by atoms with E-state index in [2.05, 4.69) is 0 Å². The third kappa shape index (κ3) is 13.0. The number of nitriles is 1. The van der Waals surface area contributed by atoms with Crippen LogP contribution in [0.4, 0.5) is 0 Å². The van der Waals surface area contributed by atoms with E-state index in [-0.39, 0.29) is 47.1 Å². The first-order valence-electron chi connectivity index (χ1n) is 28.0. The average molecular weight is 1210 g/mol. The highest BCUT2D eigenvalue weighted by molar-refractivity contribution is 7.48. The van der Waals surface area contributed by atoms with Crippen molar-refractivity contribution in [1.82, 2.24) is 18.3 Å². The summed E-state index contributed by atoms with van der Waals surface area (Å²) in [5.74, 6) is -1.49. The van der Waals surface area contributed by atoms with Crippen molar-refractivity contribution in [3.63, 3.8) is 0 Å². The highest BCUT2D eigenvalue weighted by Crippen LogP contribution is 2.54. The molecule has 1 unspecified atom stereocenters. The topological polar surface area (TPSA) is 263 Å². The maximum absolute atomic E-state index is 15.6. The number of benzene rings is 6. The molecule has 452 valence electrons. The lowest BCUT2D eigenvalue weighted by Gasteiger charge is -2.37. The van der Waals surface area contributed by atoms with Crippen LogP contribution < -0.4 is 32.0 Å². The average Bonchev–Trinajstić information content (AvgIpc) is 1.38. The Morgan fingerprint density at radius 3 is 1.44 bits per heavy atom. The molecule has 10 rings (SSSR count). The number of rotatable bonds is 22. The summed E-state index contributed by atoms with van der Waals surface area (Å²) >= 11 is 0. The fourth-order valence-electron chi connectivity index (χ4n) is 10.6. The zero-order valence-corrected chi connectivity index (χ0v) is 49.0. The number of phosphoric ester groups is 1. The van der Waals surface area contributed by atoms with Crippen LogP contribution in [0.25, 0.3) is 0 Å². The summed E-state index contributed by atoms with van der Waals surface area (Å²) in [6, 6.07) is 49.1. The molecule has 4 heterocycles. The van der Waals surface area contributed by atoms with Crippen LogP contribution in [0.1, 0.15) is 90.6 Å². The van der Waals surface area contributed by atoms with E-state index in [0.29, 0.717) is 37.3 Å². The highest BCUT2D eigenvalue weighted by Gasteiger charge is 2.48. The monoisotopic (exact) mass is 1210 g/mol. The van der Waals surface area contributed by atoms with Crippen LogP contribution in [-0.2, 0) is 42.7 Å². The van der Waals surface area contributed by atoms with Crippen LogP contribution in [0.3, 0.4) is 0 Å². The molecule has 7 atom stereocenters. The molecule has 22 nitrogen and oxygen atoms in total. The van der Waals surface area contributed by atoms with Gasteiger partial charge < -0.3 is 28.4 Å². The number of hydrogen-bond acceptors (Lipinski definition) is 18. The van der Waals surface area contributed by atoms with Crippen LogP contribution in [0, 0.1) is 25.2 Å². The number of aromatic nitrogens is 4. The zero-order chi connectivity index (χ0) is 62.1. The Morgan fingerprint density at radius 1 is 0.568 bits per heavy atom. The van der Waals surface area contributed by atoms with Crippen LogP contribution in [-0.4, -0.2) is 94.5 Å². The summed E-state index contributed by atoms with van der Waals surface area (Å²) in [6.07, 6.45) is -6.48. The fraction of sp³-hybridized carbons (Fsp3) is 0.262. The van der Waals surface area contributed by atoms with Gasteiger partial charge in [-0.1, -0.05) is 109 Å². The minimum atomic E-state index is -5.04. The van der Waals surface area contributed by atoms with Crippen LogP contribution in [0.15, 0.2) is 201 Å². The number of esters is 1. The zero-order valence-electron chi connectivity index (χ0n) is 48.2. The van der Waals surface area contributed by atoms with Gasteiger partial charge in [0.1, 0.15) is 54.0 Å². The predicted molar refractivity (Wildman–Crippen MR) is 317 cm³/mol. The summed E-state index contributed by atoms with van der Waals surface area (Å²) in [5.41, 5.74) is -3.17. The quantitative estimate of drug-likeness (QED) is 0.0267. The first-order valence-corrected chi connectivity index (χ1v) is 29.4.